The molecule has 0 spiro atoms. The van der Waals surface area contributed by atoms with E-state index in [-0.39, 0.29) is 11.9 Å². The van der Waals surface area contributed by atoms with Crippen LogP contribution < -0.4 is 15.4 Å². The number of nitrogens with one attached hydrogen (secondary N) is 2. The standard InChI is InChI=1S/C20H33Br2N3O2/c1-14(2)11-18(23-3)20(26)24-8-6-9-25(4)10-7-15-12-19(27-5)17(22)13-16(15)21/h12-14,18,23H,6-11H2,1-5H3,(H,24,26)/t18-/m0/s1. The lowest BCUT2D eigenvalue weighted by Gasteiger charge is -2.20. The summed E-state index contributed by atoms with van der Waals surface area (Å²) in [5.74, 6) is 1.44. The first kappa shape index (κ1) is 24.4. The van der Waals surface area contributed by atoms with E-state index < -0.39 is 0 Å². The fourth-order valence-corrected chi connectivity index (χ4v) is 4.21. The Morgan fingerprint density at radius 1 is 1.22 bits per heavy atom. The second kappa shape index (κ2) is 12.8. The van der Waals surface area contributed by atoms with Gasteiger partial charge in [0.25, 0.3) is 0 Å². The fraction of sp³-hybridized carbons (Fsp3) is 0.650. The smallest absolute Gasteiger partial charge is 0.237 e. The molecular weight excluding hydrogens is 474 g/mol. The number of hydrogen-bond acceptors (Lipinski definition) is 4. The molecule has 0 aliphatic carbocycles. The number of hydrogen-bond donors (Lipinski definition) is 2. The number of carbonyl (C=O) groups excluding carboxylic acids is 1. The molecule has 0 heterocycles. The number of amides is 1. The van der Waals surface area contributed by atoms with E-state index in [1.54, 1.807) is 7.11 Å². The zero-order valence-electron chi connectivity index (χ0n) is 17.1. The van der Waals surface area contributed by atoms with Gasteiger partial charge in [-0.2, -0.15) is 0 Å². The molecule has 1 aromatic carbocycles. The normalized spacial score (nSPS) is 12.5. The van der Waals surface area contributed by atoms with Crippen LogP contribution in [0.1, 0.15) is 32.3 Å². The van der Waals surface area contributed by atoms with Crippen molar-refractivity contribution in [3.63, 3.8) is 0 Å². The van der Waals surface area contributed by atoms with Gasteiger partial charge in [0.05, 0.1) is 17.6 Å². The largest absolute Gasteiger partial charge is 0.496 e. The summed E-state index contributed by atoms with van der Waals surface area (Å²) >= 11 is 7.12. The van der Waals surface area contributed by atoms with Gasteiger partial charge in [-0.1, -0.05) is 29.8 Å². The van der Waals surface area contributed by atoms with Crippen molar-refractivity contribution in [2.45, 2.75) is 39.2 Å². The fourth-order valence-electron chi connectivity index (χ4n) is 2.85. The van der Waals surface area contributed by atoms with Crippen LogP contribution in [0.2, 0.25) is 0 Å². The van der Waals surface area contributed by atoms with Crippen molar-refractivity contribution >= 4 is 37.8 Å². The lowest BCUT2D eigenvalue weighted by Crippen LogP contribution is -2.44. The molecule has 0 radical (unpaired) electrons. The predicted octanol–water partition coefficient (Wildman–Crippen LogP) is 3.83. The van der Waals surface area contributed by atoms with Gasteiger partial charge in [0.1, 0.15) is 5.75 Å². The van der Waals surface area contributed by atoms with E-state index in [0.717, 1.165) is 47.0 Å². The van der Waals surface area contributed by atoms with Crippen LogP contribution in [0, 0.1) is 5.92 Å². The van der Waals surface area contributed by atoms with E-state index in [0.29, 0.717) is 12.5 Å². The monoisotopic (exact) mass is 505 g/mol. The number of ether oxygens (including phenoxy) is 1. The Morgan fingerprint density at radius 2 is 1.93 bits per heavy atom. The highest BCUT2D eigenvalue weighted by Gasteiger charge is 2.17. The van der Waals surface area contributed by atoms with Gasteiger partial charge < -0.3 is 20.3 Å². The van der Waals surface area contributed by atoms with E-state index in [9.17, 15) is 4.79 Å². The second-order valence-electron chi connectivity index (χ2n) is 7.25. The Morgan fingerprint density at radius 3 is 2.52 bits per heavy atom. The number of likely N-dealkylation sites (N-methyl/N-ethyl adjacent to an activating group) is 2. The van der Waals surface area contributed by atoms with Crippen LogP contribution >= 0.6 is 31.9 Å². The van der Waals surface area contributed by atoms with Gasteiger partial charge in [-0.15, -0.1) is 0 Å². The van der Waals surface area contributed by atoms with Gasteiger partial charge in [-0.3, -0.25) is 4.79 Å². The molecule has 0 aliphatic rings. The van der Waals surface area contributed by atoms with Crippen LogP contribution in [0.25, 0.3) is 0 Å². The van der Waals surface area contributed by atoms with Crippen LogP contribution in [-0.4, -0.2) is 57.7 Å². The predicted molar refractivity (Wildman–Crippen MR) is 120 cm³/mol. The minimum absolute atomic E-state index is 0.0970. The molecule has 1 aromatic rings. The average Bonchev–Trinajstić information content (AvgIpc) is 2.62. The molecule has 0 aromatic heterocycles. The summed E-state index contributed by atoms with van der Waals surface area (Å²) in [6.07, 6.45) is 2.72. The van der Waals surface area contributed by atoms with E-state index >= 15 is 0 Å². The summed E-state index contributed by atoms with van der Waals surface area (Å²) in [5.41, 5.74) is 1.22. The zero-order valence-corrected chi connectivity index (χ0v) is 20.2. The Hall–Kier alpha value is -0.630. The van der Waals surface area contributed by atoms with Crippen LogP contribution in [-0.2, 0) is 11.2 Å². The topological polar surface area (TPSA) is 53.6 Å². The highest BCUT2D eigenvalue weighted by molar-refractivity contribution is 9.11. The summed E-state index contributed by atoms with van der Waals surface area (Å²) in [6, 6.07) is 3.99. The molecular formula is C20H33Br2N3O2. The summed E-state index contributed by atoms with van der Waals surface area (Å²) < 4.78 is 7.40. The first-order valence-electron chi connectivity index (χ1n) is 9.43. The maximum atomic E-state index is 12.2. The molecule has 0 fully saturated rings. The van der Waals surface area contributed by atoms with E-state index in [1.807, 2.05) is 13.1 Å². The second-order valence-corrected chi connectivity index (χ2v) is 8.96. The summed E-state index contributed by atoms with van der Waals surface area (Å²) in [4.78, 5) is 14.5. The lowest BCUT2D eigenvalue weighted by molar-refractivity contribution is -0.123. The molecule has 154 valence electrons. The van der Waals surface area contributed by atoms with E-state index in [4.69, 9.17) is 4.74 Å². The average molecular weight is 507 g/mol. The number of methoxy groups -OCH3 is 1. The van der Waals surface area contributed by atoms with Crippen LogP contribution in [0.15, 0.2) is 21.1 Å². The van der Waals surface area contributed by atoms with Crippen molar-refractivity contribution in [3.05, 3.63) is 26.6 Å². The first-order valence-corrected chi connectivity index (χ1v) is 11.0. The first-order chi connectivity index (χ1) is 12.8. The van der Waals surface area contributed by atoms with E-state index in [1.165, 1.54) is 5.56 Å². The van der Waals surface area contributed by atoms with Gasteiger partial charge in [-0.25, -0.2) is 0 Å². The maximum absolute atomic E-state index is 12.2. The Balaban J connectivity index is 2.34. The van der Waals surface area contributed by atoms with Crippen molar-refractivity contribution in [2.75, 3.05) is 40.8 Å². The molecule has 0 unspecified atom stereocenters. The quantitative estimate of drug-likeness (QED) is 0.423. The van der Waals surface area contributed by atoms with Gasteiger partial charge in [0.2, 0.25) is 5.91 Å². The summed E-state index contributed by atoms with van der Waals surface area (Å²) in [5, 5.41) is 6.14. The minimum Gasteiger partial charge on any atom is -0.496 e. The zero-order chi connectivity index (χ0) is 20.4. The van der Waals surface area contributed by atoms with Crippen LogP contribution in [0.4, 0.5) is 0 Å². The Bertz CT molecular complexity index is 597. The minimum atomic E-state index is -0.104. The van der Waals surface area contributed by atoms with Crippen molar-refractivity contribution in [1.29, 1.82) is 0 Å². The van der Waals surface area contributed by atoms with Crippen molar-refractivity contribution in [2.24, 2.45) is 5.92 Å². The molecule has 0 saturated carbocycles. The van der Waals surface area contributed by atoms with Crippen molar-refractivity contribution in [3.8, 4) is 5.75 Å². The molecule has 1 amide bonds. The molecule has 0 saturated heterocycles. The third-order valence-electron chi connectivity index (χ3n) is 4.47. The van der Waals surface area contributed by atoms with Crippen molar-refractivity contribution < 1.29 is 9.53 Å². The third kappa shape index (κ3) is 8.94. The number of benzene rings is 1. The van der Waals surface area contributed by atoms with Crippen molar-refractivity contribution in [1.82, 2.24) is 15.5 Å². The maximum Gasteiger partial charge on any atom is 0.237 e. The Labute approximate surface area is 180 Å². The molecule has 7 heteroatoms. The highest BCUT2D eigenvalue weighted by atomic mass is 79.9. The van der Waals surface area contributed by atoms with Gasteiger partial charge in [-0.05, 0) is 79.4 Å². The van der Waals surface area contributed by atoms with Gasteiger partial charge >= 0.3 is 0 Å². The van der Waals surface area contributed by atoms with Crippen LogP contribution in [0.3, 0.4) is 0 Å². The number of carbonyl (C=O) groups is 1. The van der Waals surface area contributed by atoms with Gasteiger partial charge in [0, 0.05) is 17.6 Å². The lowest BCUT2D eigenvalue weighted by atomic mass is 10.0. The molecule has 0 bridgehead atoms. The number of halogens is 2. The highest BCUT2D eigenvalue weighted by Crippen LogP contribution is 2.31. The third-order valence-corrected chi connectivity index (χ3v) is 5.83. The van der Waals surface area contributed by atoms with Crippen LogP contribution in [0.5, 0.6) is 5.75 Å². The van der Waals surface area contributed by atoms with E-state index in [2.05, 4.69) is 74.4 Å². The SMILES string of the molecule is CN[C@@H](CC(C)C)C(=O)NCCCN(C)CCc1cc(OC)c(Br)cc1Br. The molecule has 0 aliphatic heterocycles. The number of nitrogens with zero attached hydrogens (tertiary/aromatic N) is 1. The Kier molecular flexibility index (Phi) is 11.5. The molecule has 1 rings (SSSR count). The molecule has 5 nitrogen and oxygen atoms in total. The molecule has 27 heavy (non-hydrogen) atoms. The van der Waals surface area contributed by atoms with Gasteiger partial charge in [0.15, 0.2) is 0 Å². The summed E-state index contributed by atoms with van der Waals surface area (Å²) in [6.45, 7) is 6.86. The molecule has 2 N–H and O–H groups in total. The number of rotatable bonds is 12. The molecule has 1 atom stereocenters. The summed E-state index contributed by atoms with van der Waals surface area (Å²) in [7, 11) is 5.63.